The lowest BCUT2D eigenvalue weighted by molar-refractivity contribution is -0.123. The predicted octanol–water partition coefficient (Wildman–Crippen LogP) is 4.98. The van der Waals surface area contributed by atoms with Crippen LogP contribution in [0.5, 0.6) is 0 Å². The lowest BCUT2D eigenvalue weighted by Crippen LogP contribution is -2.52. The van der Waals surface area contributed by atoms with Crippen molar-refractivity contribution >= 4 is 66.2 Å². The van der Waals surface area contributed by atoms with Crippen LogP contribution in [0.3, 0.4) is 0 Å². The molecule has 0 spiro atoms. The summed E-state index contributed by atoms with van der Waals surface area (Å²) in [6.07, 6.45) is 5.83. The Morgan fingerprint density at radius 1 is 0.933 bits per heavy atom. The van der Waals surface area contributed by atoms with Gasteiger partial charge in [0.05, 0.1) is 11.9 Å². The number of fused-ring (bicyclic) bond motifs is 1. The molecule has 4 heterocycles. The second-order valence-corrected chi connectivity index (χ2v) is 11.3. The molecule has 45 heavy (non-hydrogen) atoms. The van der Waals surface area contributed by atoms with Crippen LogP contribution in [-0.2, 0) is 26.3 Å². The van der Waals surface area contributed by atoms with E-state index in [9.17, 15) is 9.59 Å². The van der Waals surface area contributed by atoms with E-state index in [1.54, 1.807) is 47.4 Å². The van der Waals surface area contributed by atoms with Gasteiger partial charge in [-0.1, -0.05) is 53.5 Å². The number of aromatic nitrogens is 3. The third-order valence-corrected chi connectivity index (χ3v) is 8.23. The van der Waals surface area contributed by atoms with Crippen LogP contribution in [0.2, 0.25) is 10.0 Å². The van der Waals surface area contributed by atoms with Crippen LogP contribution in [0.15, 0.2) is 73.2 Å². The van der Waals surface area contributed by atoms with E-state index in [0.717, 1.165) is 22.5 Å². The highest BCUT2D eigenvalue weighted by atomic mass is 35.5. The van der Waals surface area contributed by atoms with Gasteiger partial charge in [-0.05, 0) is 47.9 Å². The first-order valence-electron chi connectivity index (χ1n) is 14.0. The molecule has 2 aliphatic heterocycles. The maximum atomic E-state index is 14.4. The Morgan fingerprint density at radius 3 is 2.16 bits per heavy atom. The Labute approximate surface area is 271 Å². The molecular weight excluding hydrogens is 617 g/mol. The lowest BCUT2D eigenvalue weighted by atomic mass is 9.91. The average molecular weight is 651 g/mol. The van der Waals surface area contributed by atoms with E-state index in [-0.39, 0.29) is 11.9 Å². The predicted molar refractivity (Wildman–Crippen MR) is 175 cm³/mol. The summed E-state index contributed by atoms with van der Waals surface area (Å²) in [7, 11) is 1.63. The van der Waals surface area contributed by atoms with Gasteiger partial charge in [0.25, 0.3) is 5.91 Å². The summed E-state index contributed by atoms with van der Waals surface area (Å²) < 4.78 is 2.02. The van der Waals surface area contributed by atoms with Crippen molar-refractivity contribution in [3.63, 3.8) is 0 Å². The summed E-state index contributed by atoms with van der Waals surface area (Å²) in [6, 6.07) is 17.1. The van der Waals surface area contributed by atoms with Gasteiger partial charge in [0.15, 0.2) is 0 Å². The standard InChI is InChI=1S/C30H29Cl2N7O2.2CH2O/c1-30(17-20-5-7-21(8-6-20)22-4-3-9-34-18-22)27(40)38(25-15-23(31)14-24(32)16-25)28-35-19-26(39(28)30)36-10-12-37(13-11-36)29(41)33-2;2*1-2/h3-9,14-16,18-19H,10-13,17H2,1-2H3,(H,33,41);2*1H2/t30-;;/m1../s1. The van der Waals surface area contributed by atoms with E-state index in [0.29, 0.717) is 54.3 Å². The molecule has 6 rings (SSSR count). The van der Waals surface area contributed by atoms with Crippen LogP contribution >= 0.6 is 23.2 Å². The van der Waals surface area contributed by atoms with E-state index in [1.165, 1.54) is 0 Å². The van der Waals surface area contributed by atoms with E-state index in [2.05, 4.69) is 39.5 Å². The third-order valence-electron chi connectivity index (χ3n) is 7.79. The summed E-state index contributed by atoms with van der Waals surface area (Å²) >= 11 is 12.7. The summed E-state index contributed by atoms with van der Waals surface area (Å²) in [6.45, 7) is 8.31. The molecule has 4 aromatic rings. The van der Waals surface area contributed by atoms with E-state index >= 15 is 0 Å². The molecule has 234 valence electrons. The molecule has 0 aliphatic carbocycles. The van der Waals surface area contributed by atoms with Gasteiger partial charge in [-0.15, -0.1) is 0 Å². The number of carbonyl (C=O) groups is 4. The lowest BCUT2D eigenvalue weighted by Gasteiger charge is -2.37. The molecule has 0 bridgehead atoms. The van der Waals surface area contributed by atoms with Gasteiger partial charge < -0.3 is 24.7 Å². The fourth-order valence-electron chi connectivity index (χ4n) is 5.71. The molecule has 0 radical (unpaired) electrons. The molecule has 2 aliphatic rings. The summed E-state index contributed by atoms with van der Waals surface area (Å²) in [5, 5.41) is 3.56. The number of hydrogen-bond acceptors (Lipinski definition) is 7. The minimum Gasteiger partial charge on any atom is -0.353 e. The zero-order chi connectivity index (χ0) is 32.7. The molecule has 1 atom stereocenters. The Kier molecular flexibility index (Phi) is 10.6. The normalized spacial score (nSPS) is 17.1. The van der Waals surface area contributed by atoms with Crippen molar-refractivity contribution in [3.8, 4) is 11.1 Å². The van der Waals surface area contributed by atoms with Crippen LogP contribution < -0.4 is 15.1 Å². The van der Waals surface area contributed by atoms with Crippen LogP contribution in [0.25, 0.3) is 11.1 Å². The molecular formula is C32H33Cl2N7O4. The fraction of sp³-hybridized carbons (Fsp3) is 0.250. The Hall–Kier alpha value is -4.74. The Morgan fingerprint density at radius 2 is 1.58 bits per heavy atom. The number of pyridine rings is 1. The summed E-state index contributed by atoms with van der Waals surface area (Å²) in [5.74, 6) is 1.21. The van der Waals surface area contributed by atoms with Gasteiger partial charge in [-0.25, -0.2) is 14.7 Å². The van der Waals surface area contributed by atoms with Crippen molar-refractivity contribution in [1.29, 1.82) is 0 Å². The summed E-state index contributed by atoms with van der Waals surface area (Å²) in [5.41, 5.74) is 2.67. The Balaban J connectivity index is 0.00000111. The van der Waals surface area contributed by atoms with Crippen LogP contribution in [0.4, 0.5) is 22.2 Å². The molecule has 1 fully saturated rings. The van der Waals surface area contributed by atoms with Gasteiger partial charge in [0, 0.05) is 62.1 Å². The number of hydrogen-bond donors (Lipinski definition) is 1. The van der Waals surface area contributed by atoms with E-state index in [1.807, 2.05) is 43.4 Å². The first-order chi connectivity index (χ1) is 21.8. The highest BCUT2D eigenvalue weighted by Crippen LogP contribution is 2.45. The van der Waals surface area contributed by atoms with E-state index < -0.39 is 5.54 Å². The number of carbonyl (C=O) groups excluding carboxylic acids is 4. The van der Waals surface area contributed by atoms with Crippen molar-refractivity contribution in [2.45, 2.75) is 18.9 Å². The topological polar surface area (TPSA) is 121 Å². The van der Waals surface area contributed by atoms with Crippen LogP contribution in [-0.4, -0.2) is 78.2 Å². The molecule has 0 saturated carbocycles. The van der Waals surface area contributed by atoms with Crippen LogP contribution in [0, 0.1) is 0 Å². The molecule has 11 nitrogen and oxygen atoms in total. The number of urea groups is 1. The van der Waals surface area contributed by atoms with Crippen molar-refractivity contribution in [3.05, 3.63) is 88.8 Å². The second-order valence-electron chi connectivity index (χ2n) is 10.4. The van der Waals surface area contributed by atoms with Gasteiger partial charge in [0.1, 0.15) is 24.9 Å². The molecule has 13 heteroatoms. The van der Waals surface area contributed by atoms with Gasteiger partial charge >= 0.3 is 6.03 Å². The zero-order valence-corrected chi connectivity index (χ0v) is 26.5. The number of anilines is 3. The maximum Gasteiger partial charge on any atom is 0.317 e. The number of benzene rings is 2. The molecule has 3 amide bonds. The molecule has 2 aromatic heterocycles. The molecule has 2 aromatic carbocycles. The molecule has 0 unspecified atom stereocenters. The number of piperazine rings is 1. The number of nitrogens with one attached hydrogen (secondary N) is 1. The largest absolute Gasteiger partial charge is 0.353 e. The number of amides is 3. The first kappa shape index (κ1) is 33.2. The number of halogens is 2. The van der Waals surface area contributed by atoms with E-state index in [4.69, 9.17) is 37.8 Å². The van der Waals surface area contributed by atoms with Crippen LogP contribution in [0.1, 0.15) is 12.5 Å². The van der Waals surface area contributed by atoms with Gasteiger partial charge in [0.2, 0.25) is 5.95 Å². The quantitative estimate of drug-likeness (QED) is 0.324. The van der Waals surface area contributed by atoms with Crippen molar-refractivity contribution in [1.82, 2.24) is 24.8 Å². The highest BCUT2D eigenvalue weighted by Gasteiger charge is 2.51. The Bertz CT molecular complexity index is 1620. The fourth-order valence-corrected chi connectivity index (χ4v) is 6.23. The number of rotatable bonds is 5. The number of nitrogens with zero attached hydrogens (tertiary/aromatic N) is 6. The highest BCUT2D eigenvalue weighted by molar-refractivity contribution is 6.35. The molecule has 1 N–H and O–H groups in total. The molecule has 1 saturated heterocycles. The maximum absolute atomic E-state index is 14.4. The van der Waals surface area contributed by atoms with Gasteiger partial charge in [-0.2, -0.15) is 0 Å². The SMILES string of the molecule is C=O.C=O.CNC(=O)N1CCN(c2cnc3n2[C@](C)(Cc2ccc(-c4cccnc4)cc2)C(=O)N3c2cc(Cl)cc(Cl)c2)CC1. The summed E-state index contributed by atoms with van der Waals surface area (Å²) in [4.78, 5) is 57.1. The smallest absolute Gasteiger partial charge is 0.317 e. The van der Waals surface area contributed by atoms with Crippen molar-refractivity contribution in [2.24, 2.45) is 0 Å². The monoisotopic (exact) mass is 649 g/mol. The minimum atomic E-state index is -0.982. The number of imidazole rings is 1. The second kappa shape index (κ2) is 14.4. The van der Waals surface area contributed by atoms with Crippen molar-refractivity contribution < 1.29 is 19.2 Å². The average Bonchev–Trinajstić information content (AvgIpc) is 3.60. The van der Waals surface area contributed by atoms with Gasteiger partial charge in [-0.3, -0.25) is 14.3 Å². The van der Waals surface area contributed by atoms with Crippen molar-refractivity contribution in [2.75, 3.05) is 43.0 Å². The first-order valence-corrected chi connectivity index (χ1v) is 14.7. The minimum absolute atomic E-state index is 0.0954. The third kappa shape index (κ3) is 6.54. The zero-order valence-electron chi connectivity index (χ0n) is 25.0.